The van der Waals surface area contributed by atoms with Gasteiger partial charge in [0.2, 0.25) is 10.0 Å². The molecule has 1 saturated heterocycles. The number of carbonyl (C=O) groups is 1. The summed E-state index contributed by atoms with van der Waals surface area (Å²) in [6.45, 7) is 1.27. The van der Waals surface area contributed by atoms with Gasteiger partial charge in [-0.2, -0.15) is 0 Å². The summed E-state index contributed by atoms with van der Waals surface area (Å²) < 4.78 is 49.8. The molecule has 1 aliphatic carbocycles. The number of sulfonamides is 1. The van der Waals surface area contributed by atoms with Crippen LogP contribution in [0.5, 0.6) is 5.75 Å². The third-order valence-electron chi connectivity index (χ3n) is 6.46. The van der Waals surface area contributed by atoms with Crippen LogP contribution >= 0.6 is 0 Å². The van der Waals surface area contributed by atoms with Crippen LogP contribution in [0.1, 0.15) is 48.0 Å². The highest BCUT2D eigenvalue weighted by Gasteiger charge is 2.49. The van der Waals surface area contributed by atoms with Gasteiger partial charge in [0.25, 0.3) is 5.91 Å². The maximum Gasteiger partial charge on any atom is 0.256 e. The number of ether oxygens (including phenoxy) is 1. The third kappa shape index (κ3) is 5.20. The topological polar surface area (TPSA) is 96.5 Å². The van der Waals surface area contributed by atoms with Crippen molar-refractivity contribution < 1.29 is 22.3 Å². The zero-order valence-corrected chi connectivity index (χ0v) is 19.5. The second kappa shape index (κ2) is 9.79. The van der Waals surface area contributed by atoms with Gasteiger partial charge in [-0.1, -0.05) is 24.3 Å². The molecule has 178 valence electrons. The fourth-order valence-corrected chi connectivity index (χ4v) is 6.70. The molecular weight excluding hydrogens is 445 g/mol. The van der Waals surface area contributed by atoms with Crippen molar-refractivity contribution >= 4 is 15.9 Å². The molecule has 2 atom stereocenters. The number of rotatable bonds is 8. The van der Waals surface area contributed by atoms with Crippen LogP contribution in [-0.4, -0.2) is 45.9 Å². The number of nitrogens with one attached hydrogen (secondary N) is 3. The van der Waals surface area contributed by atoms with E-state index >= 15 is 0 Å². The van der Waals surface area contributed by atoms with Crippen LogP contribution in [0.15, 0.2) is 48.5 Å². The molecule has 3 N–H and O–H groups in total. The highest BCUT2D eigenvalue weighted by molar-refractivity contribution is 7.90. The zero-order chi connectivity index (χ0) is 23.5. The SMILES string of the molecule is COc1ccccc1C(=O)NC(C1(c2cccc(F)c2)CCCNCC1)S(=O)(=O)NC1CC1. The van der Waals surface area contributed by atoms with E-state index in [9.17, 15) is 17.6 Å². The van der Waals surface area contributed by atoms with Crippen molar-refractivity contribution in [3.8, 4) is 5.75 Å². The Kier molecular flexibility index (Phi) is 7.02. The van der Waals surface area contributed by atoms with Gasteiger partial charge in [-0.05, 0) is 75.0 Å². The molecule has 0 radical (unpaired) electrons. The molecule has 0 spiro atoms. The predicted molar refractivity (Wildman–Crippen MR) is 124 cm³/mol. The van der Waals surface area contributed by atoms with E-state index < -0.39 is 32.5 Å². The summed E-state index contributed by atoms with van der Waals surface area (Å²) in [5, 5.41) is 4.84. The molecule has 1 heterocycles. The van der Waals surface area contributed by atoms with Crippen molar-refractivity contribution in [1.82, 2.24) is 15.4 Å². The Morgan fingerprint density at radius 1 is 1.15 bits per heavy atom. The minimum Gasteiger partial charge on any atom is -0.496 e. The van der Waals surface area contributed by atoms with Crippen molar-refractivity contribution in [1.29, 1.82) is 0 Å². The smallest absolute Gasteiger partial charge is 0.256 e. The Bertz CT molecular complexity index is 1100. The second-order valence-corrected chi connectivity index (χ2v) is 10.6. The molecule has 9 heteroatoms. The van der Waals surface area contributed by atoms with Crippen LogP contribution in [0.4, 0.5) is 4.39 Å². The van der Waals surface area contributed by atoms with E-state index in [1.54, 1.807) is 36.4 Å². The summed E-state index contributed by atoms with van der Waals surface area (Å²) in [6.07, 6.45) is 3.13. The first-order valence-electron chi connectivity index (χ1n) is 11.3. The summed E-state index contributed by atoms with van der Waals surface area (Å²) in [6, 6.07) is 12.6. The lowest BCUT2D eigenvalue weighted by Gasteiger charge is -2.40. The molecule has 0 aromatic heterocycles. The van der Waals surface area contributed by atoms with Crippen molar-refractivity contribution in [3.63, 3.8) is 0 Å². The second-order valence-electron chi connectivity index (χ2n) is 8.76. The van der Waals surface area contributed by atoms with Crippen LogP contribution < -0.4 is 20.1 Å². The van der Waals surface area contributed by atoms with Crippen molar-refractivity contribution in [2.24, 2.45) is 0 Å². The number of hydrogen-bond acceptors (Lipinski definition) is 5. The predicted octanol–water partition coefficient (Wildman–Crippen LogP) is 2.68. The highest BCUT2D eigenvalue weighted by Crippen LogP contribution is 2.40. The molecule has 7 nitrogen and oxygen atoms in total. The minimum atomic E-state index is -3.99. The molecular formula is C24H30FN3O4S. The molecule has 4 rings (SSSR count). The fourth-order valence-electron chi connectivity index (χ4n) is 4.63. The van der Waals surface area contributed by atoms with Crippen LogP contribution in [0, 0.1) is 5.82 Å². The van der Waals surface area contributed by atoms with Crippen molar-refractivity contribution in [3.05, 3.63) is 65.5 Å². The molecule has 1 aliphatic heterocycles. The molecule has 33 heavy (non-hydrogen) atoms. The largest absolute Gasteiger partial charge is 0.496 e. The van der Waals surface area contributed by atoms with Gasteiger partial charge in [-0.25, -0.2) is 17.5 Å². The first-order chi connectivity index (χ1) is 15.9. The summed E-state index contributed by atoms with van der Waals surface area (Å²) in [4.78, 5) is 13.4. The highest BCUT2D eigenvalue weighted by atomic mass is 32.2. The average molecular weight is 476 g/mol. The van der Waals surface area contributed by atoms with Gasteiger partial charge in [-0.15, -0.1) is 0 Å². The monoisotopic (exact) mass is 475 g/mol. The van der Waals surface area contributed by atoms with E-state index in [0.717, 1.165) is 19.4 Å². The van der Waals surface area contributed by atoms with Gasteiger partial charge in [-0.3, -0.25) is 4.79 Å². The van der Waals surface area contributed by atoms with E-state index in [-0.39, 0.29) is 11.6 Å². The van der Waals surface area contributed by atoms with Gasteiger partial charge < -0.3 is 15.4 Å². The third-order valence-corrected chi connectivity index (χ3v) is 8.31. The lowest BCUT2D eigenvalue weighted by molar-refractivity contribution is 0.0926. The van der Waals surface area contributed by atoms with Crippen LogP contribution in [0.2, 0.25) is 0 Å². The van der Waals surface area contributed by atoms with Crippen LogP contribution in [0.3, 0.4) is 0 Å². The van der Waals surface area contributed by atoms with Crippen LogP contribution in [-0.2, 0) is 15.4 Å². The van der Waals surface area contributed by atoms with E-state index in [1.165, 1.54) is 19.2 Å². The van der Waals surface area contributed by atoms with Gasteiger partial charge in [0.15, 0.2) is 5.37 Å². The average Bonchev–Trinajstić information content (AvgIpc) is 3.64. The maximum atomic E-state index is 14.3. The van der Waals surface area contributed by atoms with Crippen LogP contribution in [0.25, 0.3) is 0 Å². The van der Waals surface area contributed by atoms with Gasteiger partial charge in [0.05, 0.1) is 12.7 Å². The molecule has 1 saturated carbocycles. The Morgan fingerprint density at radius 3 is 2.67 bits per heavy atom. The molecule has 2 unspecified atom stereocenters. The van der Waals surface area contributed by atoms with Crippen molar-refractivity contribution in [2.45, 2.75) is 48.9 Å². The first-order valence-corrected chi connectivity index (χ1v) is 12.8. The number of amides is 1. The summed E-state index contributed by atoms with van der Waals surface area (Å²) in [5.41, 5.74) is -0.199. The summed E-state index contributed by atoms with van der Waals surface area (Å²) >= 11 is 0. The van der Waals surface area contributed by atoms with Crippen molar-refractivity contribution in [2.75, 3.05) is 20.2 Å². The van der Waals surface area contributed by atoms with E-state index in [4.69, 9.17) is 4.74 Å². The quantitative estimate of drug-likeness (QED) is 0.546. The van der Waals surface area contributed by atoms with E-state index in [2.05, 4.69) is 15.4 Å². The molecule has 2 aliphatic rings. The number of halogens is 1. The summed E-state index contributed by atoms with van der Waals surface area (Å²) in [5.74, 6) is -0.637. The normalized spacial score (nSPS) is 22.2. The minimum absolute atomic E-state index is 0.130. The number of methoxy groups -OCH3 is 1. The lowest BCUT2D eigenvalue weighted by atomic mass is 9.74. The number of hydrogen-bond donors (Lipinski definition) is 3. The summed E-state index contributed by atoms with van der Waals surface area (Å²) in [7, 11) is -2.53. The Hall–Kier alpha value is -2.49. The number of carbonyl (C=O) groups excluding carboxylic acids is 1. The van der Waals surface area contributed by atoms with E-state index in [0.29, 0.717) is 37.1 Å². The molecule has 2 aromatic carbocycles. The molecule has 2 fully saturated rings. The maximum absolute atomic E-state index is 14.3. The Balaban J connectivity index is 1.81. The first kappa shape index (κ1) is 23.7. The molecule has 0 bridgehead atoms. The van der Waals surface area contributed by atoms with Gasteiger partial charge in [0.1, 0.15) is 11.6 Å². The number of benzene rings is 2. The zero-order valence-electron chi connectivity index (χ0n) is 18.6. The molecule has 2 aromatic rings. The molecule has 1 amide bonds. The van der Waals surface area contributed by atoms with Gasteiger partial charge >= 0.3 is 0 Å². The fraction of sp³-hybridized carbons (Fsp3) is 0.458. The Morgan fingerprint density at radius 2 is 1.94 bits per heavy atom. The number of para-hydroxylation sites is 1. The lowest BCUT2D eigenvalue weighted by Crippen LogP contribution is -2.58. The standard InChI is InChI=1S/C24H30FN3O4S/c1-32-21-9-3-2-8-20(21)22(29)27-23(33(30,31)28-19-10-11-19)24(12-5-14-26-15-13-24)17-6-4-7-18(25)16-17/h2-4,6-9,16,19,23,26,28H,5,10-15H2,1H3,(H,27,29). The van der Waals surface area contributed by atoms with E-state index in [1.807, 2.05) is 0 Å². The van der Waals surface area contributed by atoms with Gasteiger partial charge in [0, 0.05) is 11.5 Å². The Labute approximate surface area is 194 Å².